The molecule has 1 aromatic heterocycles. The molecule has 0 atom stereocenters. The van der Waals surface area contributed by atoms with Gasteiger partial charge in [0.1, 0.15) is 0 Å². The van der Waals surface area contributed by atoms with E-state index in [0.29, 0.717) is 17.3 Å². The lowest BCUT2D eigenvalue weighted by Crippen LogP contribution is -2.48. The second-order valence-electron chi connectivity index (χ2n) is 5.66. The number of amides is 1. The van der Waals surface area contributed by atoms with E-state index in [1.54, 1.807) is 17.4 Å². The van der Waals surface area contributed by atoms with Crippen molar-refractivity contribution in [1.82, 2.24) is 9.80 Å². The number of anilines is 1. The Morgan fingerprint density at radius 2 is 1.83 bits per heavy atom. The lowest BCUT2D eigenvalue weighted by molar-refractivity contribution is -0.117. The molecule has 1 aliphatic heterocycles. The zero-order valence-corrected chi connectivity index (χ0v) is 14.4. The van der Waals surface area contributed by atoms with Crippen LogP contribution in [0.1, 0.15) is 4.88 Å². The molecule has 3 rings (SSSR count). The molecule has 0 bridgehead atoms. The fourth-order valence-electron chi connectivity index (χ4n) is 2.68. The van der Waals surface area contributed by atoms with Gasteiger partial charge in [-0.3, -0.25) is 14.6 Å². The maximum Gasteiger partial charge on any atom is 0.238 e. The number of hydrogen-bond acceptors (Lipinski definition) is 4. The fourth-order valence-corrected chi connectivity index (χ4v) is 3.61. The lowest BCUT2D eigenvalue weighted by atomic mass is 10.3. The van der Waals surface area contributed by atoms with Gasteiger partial charge in [0.05, 0.1) is 17.3 Å². The predicted octanol–water partition coefficient (Wildman–Crippen LogP) is 3.16. The van der Waals surface area contributed by atoms with Crippen LogP contribution in [-0.2, 0) is 11.3 Å². The third-order valence-corrected chi connectivity index (χ3v) is 5.13. The van der Waals surface area contributed by atoms with Crippen molar-refractivity contribution in [2.24, 2.45) is 0 Å². The quantitative estimate of drug-likeness (QED) is 0.900. The highest BCUT2D eigenvalue weighted by molar-refractivity contribution is 7.09. The summed E-state index contributed by atoms with van der Waals surface area (Å²) in [5.41, 5.74) is 0.676. The van der Waals surface area contributed by atoms with Gasteiger partial charge in [0.2, 0.25) is 5.91 Å². The fraction of sp³-hybridized carbons (Fsp3) is 0.353. The van der Waals surface area contributed by atoms with Gasteiger partial charge in [-0.1, -0.05) is 29.8 Å². The van der Waals surface area contributed by atoms with Crippen LogP contribution in [0.5, 0.6) is 0 Å². The Bertz CT molecular complexity index is 639. The van der Waals surface area contributed by atoms with Crippen molar-refractivity contribution in [3.63, 3.8) is 0 Å². The van der Waals surface area contributed by atoms with Crippen LogP contribution in [0.4, 0.5) is 5.69 Å². The third kappa shape index (κ3) is 4.78. The summed E-state index contributed by atoms with van der Waals surface area (Å²) in [7, 11) is 0. The summed E-state index contributed by atoms with van der Waals surface area (Å²) in [5.74, 6) is -0.00944. The van der Waals surface area contributed by atoms with Crippen molar-refractivity contribution in [2.45, 2.75) is 6.54 Å². The van der Waals surface area contributed by atoms with Crippen LogP contribution in [0.2, 0.25) is 5.02 Å². The van der Waals surface area contributed by atoms with Gasteiger partial charge in [0.15, 0.2) is 0 Å². The summed E-state index contributed by atoms with van der Waals surface area (Å²) in [6.45, 7) is 5.26. The highest BCUT2D eigenvalue weighted by Gasteiger charge is 2.19. The average molecular weight is 350 g/mol. The maximum absolute atomic E-state index is 12.1. The van der Waals surface area contributed by atoms with Gasteiger partial charge >= 0.3 is 0 Å². The molecular weight excluding hydrogens is 330 g/mol. The van der Waals surface area contributed by atoms with E-state index >= 15 is 0 Å². The summed E-state index contributed by atoms with van der Waals surface area (Å²) in [6.07, 6.45) is 0. The van der Waals surface area contributed by atoms with E-state index in [2.05, 4.69) is 32.6 Å². The molecule has 0 unspecified atom stereocenters. The first-order valence-electron chi connectivity index (χ1n) is 7.72. The smallest absolute Gasteiger partial charge is 0.238 e. The van der Waals surface area contributed by atoms with E-state index in [0.717, 1.165) is 32.7 Å². The molecule has 0 aliphatic carbocycles. The van der Waals surface area contributed by atoms with Crippen LogP contribution in [0, 0.1) is 0 Å². The number of thiophene rings is 1. The molecule has 1 saturated heterocycles. The Morgan fingerprint density at radius 3 is 2.52 bits per heavy atom. The monoisotopic (exact) mass is 349 g/mol. The standard InChI is InChI=1S/C17H20ClN3OS/c18-15-5-1-2-6-16(15)19-17(22)13-21-9-7-20(8-10-21)12-14-4-3-11-23-14/h1-6,11H,7-10,12-13H2,(H,19,22). The van der Waals surface area contributed by atoms with Crippen LogP contribution in [-0.4, -0.2) is 48.4 Å². The summed E-state index contributed by atoms with van der Waals surface area (Å²) in [6, 6.07) is 11.6. The Labute approximate surface area is 145 Å². The number of nitrogens with one attached hydrogen (secondary N) is 1. The minimum atomic E-state index is -0.00944. The first kappa shape index (κ1) is 16.5. The lowest BCUT2D eigenvalue weighted by Gasteiger charge is -2.34. The van der Waals surface area contributed by atoms with E-state index in [4.69, 9.17) is 11.6 Å². The van der Waals surface area contributed by atoms with E-state index < -0.39 is 0 Å². The molecule has 6 heteroatoms. The molecule has 2 aromatic rings. The van der Waals surface area contributed by atoms with Crippen molar-refractivity contribution in [3.8, 4) is 0 Å². The molecule has 1 amide bonds. The van der Waals surface area contributed by atoms with Crippen molar-refractivity contribution >= 4 is 34.5 Å². The van der Waals surface area contributed by atoms with Crippen LogP contribution in [0.15, 0.2) is 41.8 Å². The van der Waals surface area contributed by atoms with Crippen LogP contribution >= 0.6 is 22.9 Å². The van der Waals surface area contributed by atoms with Crippen molar-refractivity contribution < 1.29 is 4.79 Å². The molecule has 1 aromatic carbocycles. The number of halogens is 1. The maximum atomic E-state index is 12.1. The minimum Gasteiger partial charge on any atom is -0.324 e. The Morgan fingerprint density at radius 1 is 1.09 bits per heavy atom. The first-order chi connectivity index (χ1) is 11.2. The second-order valence-corrected chi connectivity index (χ2v) is 7.10. The van der Waals surface area contributed by atoms with Gasteiger partial charge in [-0.2, -0.15) is 0 Å². The van der Waals surface area contributed by atoms with Crippen LogP contribution in [0.25, 0.3) is 0 Å². The van der Waals surface area contributed by atoms with E-state index in [-0.39, 0.29) is 5.91 Å². The van der Waals surface area contributed by atoms with E-state index in [1.165, 1.54) is 4.88 Å². The van der Waals surface area contributed by atoms with Crippen LogP contribution in [0.3, 0.4) is 0 Å². The number of hydrogen-bond donors (Lipinski definition) is 1. The molecule has 1 N–H and O–H groups in total. The molecule has 1 fully saturated rings. The molecule has 23 heavy (non-hydrogen) atoms. The number of carbonyl (C=O) groups excluding carboxylic acids is 1. The summed E-state index contributed by atoms with van der Waals surface area (Å²) < 4.78 is 0. The van der Waals surface area contributed by atoms with Crippen LogP contribution < -0.4 is 5.32 Å². The summed E-state index contributed by atoms with van der Waals surface area (Å²) in [5, 5.41) is 5.57. The predicted molar refractivity (Wildman–Crippen MR) is 96.1 cm³/mol. The molecule has 122 valence electrons. The first-order valence-corrected chi connectivity index (χ1v) is 8.98. The SMILES string of the molecule is O=C(CN1CCN(Cc2cccs2)CC1)Nc1ccccc1Cl. The normalized spacial score (nSPS) is 16.4. The number of piperazine rings is 1. The zero-order valence-electron chi connectivity index (χ0n) is 12.9. The van der Waals surface area contributed by atoms with E-state index in [9.17, 15) is 4.79 Å². The largest absolute Gasteiger partial charge is 0.324 e. The van der Waals surface area contributed by atoms with Gasteiger partial charge in [0.25, 0.3) is 0 Å². The number of nitrogens with zero attached hydrogens (tertiary/aromatic N) is 2. The summed E-state index contributed by atoms with van der Waals surface area (Å²) in [4.78, 5) is 18.2. The Balaban J connectivity index is 1.43. The molecule has 0 radical (unpaired) electrons. The Kier molecular flexibility index (Phi) is 5.67. The average Bonchev–Trinajstić information content (AvgIpc) is 3.04. The number of carbonyl (C=O) groups is 1. The number of para-hydroxylation sites is 1. The van der Waals surface area contributed by atoms with E-state index in [1.807, 2.05) is 18.2 Å². The Hall–Kier alpha value is -1.40. The van der Waals surface area contributed by atoms with Crippen molar-refractivity contribution in [1.29, 1.82) is 0 Å². The highest BCUT2D eigenvalue weighted by Crippen LogP contribution is 2.20. The molecule has 2 heterocycles. The van der Waals surface area contributed by atoms with Gasteiger partial charge in [0, 0.05) is 37.6 Å². The molecular formula is C17H20ClN3OS. The second kappa shape index (κ2) is 7.93. The van der Waals surface area contributed by atoms with Crippen molar-refractivity contribution in [2.75, 3.05) is 38.0 Å². The molecule has 0 spiro atoms. The minimum absolute atomic E-state index is 0.00944. The van der Waals surface area contributed by atoms with Gasteiger partial charge in [-0.25, -0.2) is 0 Å². The molecule has 1 aliphatic rings. The molecule has 4 nitrogen and oxygen atoms in total. The van der Waals surface area contributed by atoms with Gasteiger partial charge in [-0.05, 0) is 23.6 Å². The molecule has 0 saturated carbocycles. The zero-order chi connectivity index (χ0) is 16.1. The van der Waals surface area contributed by atoms with Gasteiger partial charge in [-0.15, -0.1) is 11.3 Å². The summed E-state index contributed by atoms with van der Waals surface area (Å²) >= 11 is 7.86. The van der Waals surface area contributed by atoms with Gasteiger partial charge < -0.3 is 5.32 Å². The number of benzene rings is 1. The highest BCUT2D eigenvalue weighted by atomic mass is 35.5. The third-order valence-electron chi connectivity index (χ3n) is 3.94. The topological polar surface area (TPSA) is 35.6 Å². The number of rotatable bonds is 5. The van der Waals surface area contributed by atoms with Crippen molar-refractivity contribution in [3.05, 3.63) is 51.7 Å².